The molecule has 0 saturated carbocycles. The molecule has 2 rings (SSSR count). The minimum atomic E-state index is -0.402. The standard InChI is InChI=1S/C15H23N3O3/c1-11-8-14(21-3)16-12(2)13(11)9-17-4-6-18(7-5-17)15(20)10-19/h8,19H,4-7,9-10H2,1-3H3. The van der Waals surface area contributed by atoms with Gasteiger partial charge in [-0.1, -0.05) is 0 Å². The molecule has 0 spiro atoms. The predicted octanol–water partition coefficient (Wildman–Crippen LogP) is 0.344. The Kier molecular flexibility index (Phi) is 5.14. The van der Waals surface area contributed by atoms with Crippen molar-refractivity contribution in [1.29, 1.82) is 0 Å². The van der Waals surface area contributed by atoms with Crippen LogP contribution >= 0.6 is 0 Å². The number of ether oxygens (including phenoxy) is 1. The van der Waals surface area contributed by atoms with Gasteiger partial charge >= 0.3 is 0 Å². The average molecular weight is 293 g/mol. The quantitative estimate of drug-likeness (QED) is 0.867. The van der Waals surface area contributed by atoms with Crippen LogP contribution in [0.4, 0.5) is 0 Å². The molecule has 0 bridgehead atoms. The van der Waals surface area contributed by atoms with Crippen LogP contribution in [0.25, 0.3) is 0 Å². The summed E-state index contributed by atoms with van der Waals surface area (Å²) >= 11 is 0. The van der Waals surface area contributed by atoms with Crippen LogP contribution in [0, 0.1) is 13.8 Å². The largest absolute Gasteiger partial charge is 0.481 e. The SMILES string of the molecule is COc1cc(C)c(CN2CCN(C(=O)CO)CC2)c(C)n1. The van der Waals surface area contributed by atoms with Gasteiger partial charge in [-0.2, -0.15) is 0 Å². The minimum Gasteiger partial charge on any atom is -0.481 e. The highest BCUT2D eigenvalue weighted by Crippen LogP contribution is 2.20. The molecule has 0 aromatic carbocycles. The van der Waals surface area contributed by atoms with Gasteiger partial charge in [0.05, 0.1) is 7.11 Å². The summed E-state index contributed by atoms with van der Waals surface area (Å²) in [6.07, 6.45) is 0. The Bertz CT molecular complexity index is 488. The van der Waals surface area contributed by atoms with E-state index in [4.69, 9.17) is 9.84 Å². The van der Waals surface area contributed by atoms with Crippen molar-refractivity contribution in [2.24, 2.45) is 0 Å². The van der Waals surface area contributed by atoms with Crippen LogP contribution < -0.4 is 4.74 Å². The maximum absolute atomic E-state index is 11.4. The molecule has 2 heterocycles. The van der Waals surface area contributed by atoms with Gasteiger partial charge in [-0.15, -0.1) is 0 Å². The molecular weight excluding hydrogens is 270 g/mol. The maximum Gasteiger partial charge on any atom is 0.248 e. The molecule has 1 N–H and O–H groups in total. The van der Waals surface area contributed by atoms with Crippen LogP contribution in [-0.2, 0) is 11.3 Å². The summed E-state index contributed by atoms with van der Waals surface area (Å²) in [7, 11) is 1.62. The molecule has 1 aliphatic rings. The second-order valence-corrected chi connectivity index (χ2v) is 5.36. The van der Waals surface area contributed by atoms with Crippen LogP contribution in [0.15, 0.2) is 6.07 Å². The number of piperazine rings is 1. The number of hydrogen-bond acceptors (Lipinski definition) is 5. The van der Waals surface area contributed by atoms with Crippen molar-refractivity contribution in [1.82, 2.24) is 14.8 Å². The Morgan fingerprint density at radius 1 is 1.33 bits per heavy atom. The van der Waals surface area contributed by atoms with E-state index in [0.29, 0.717) is 19.0 Å². The summed E-state index contributed by atoms with van der Waals surface area (Å²) < 4.78 is 5.18. The number of aliphatic hydroxyl groups is 1. The summed E-state index contributed by atoms with van der Waals surface area (Å²) in [5.41, 5.74) is 3.38. The third-order valence-corrected chi connectivity index (χ3v) is 3.98. The Labute approximate surface area is 125 Å². The summed E-state index contributed by atoms with van der Waals surface area (Å²) in [5, 5.41) is 8.89. The molecule has 0 atom stereocenters. The van der Waals surface area contributed by atoms with Gasteiger partial charge in [0.2, 0.25) is 11.8 Å². The van der Waals surface area contributed by atoms with Gasteiger partial charge in [-0.05, 0) is 25.0 Å². The van der Waals surface area contributed by atoms with Gasteiger partial charge in [0, 0.05) is 44.5 Å². The molecule has 6 nitrogen and oxygen atoms in total. The number of carbonyl (C=O) groups excluding carboxylic acids is 1. The van der Waals surface area contributed by atoms with Gasteiger partial charge in [0.1, 0.15) is 6.61 Å². The number of pyridine rings is 1. The fourth-order valence-electron chi connectivity index (χ4n) is 2.65. The monoisotopic (exact) mass is 293 g/mol. The van der Waals surface area contributed by atoms with Crippen molar-refractivity contribution in [2.45, 2.75) is 20.4 Å². The topological polar surface area (TPSA) is 65.9 Å². The normalized spacial score (nSPS) is 16.1. The summed E-state index contributed by atoms with van der Waals surface area (Å²) in [5.74, 6) is 0.459. The highest BCUT2D eigenvalue weighted by Gasteiger charge is 2.21. The van der Waals surface area contributed by atoms with Crippen LogP contribution in [0.2, 0.25) is 0 Å². The molecular formula is C15H23N3O3. The van der Waals surface area contributed by atoms with Crippen LogP contribution in [0.5, 0.6) is 5.88 Å². The number of amides is 1. The Hall–Kier alpha value is -1.66. The molecule has 1 saturated heterocycles. The van der Waals surface area contributed by atoms with Crippen molar-refractivity contribution in [3.05, 3.63) is 22.9 Å². The fraction of sp³-hybridized carbons (Fsp3) is 0.600. The van der Waals surface area contributed by atoms with E-state index >= 15 is 0 Å². The number of nitrogens with zero attached hydrogens (tertiary/aromatic N) is 3. The number of carbonyl (C=O) groups is 1. The average Bonchev–Trinajstić information content (AvgIpc) is 2.50. The number of aliphatic hydroxyl groups excluding tert-OH is 1. The molecule has 0 unspecified atom stereocenters. The van der Waals surface area contributed by atoms with Crippen molar-refractivity contribution < 1.29 is 14.6 Å². The lowest BCUT2D eigenvalue weighted by atomic mass is 10.1. The van der Waals surface area contributed by atoms with Crippen molar-refractivity contribution >= 4 is 5.91 Å². The second-order valence-electron chi connectivity index (χ2n) is 5.36. The zero-order valence-corrected chi connectivity index (χ0v) is 12.9. The van der Waals surface area contributed by atoms with Crippen LogP contribution in [0.1, 0.15) is 16.8 Å². The van der Waals surface area contributed by atoms with E-state index in [0.717, 1.165) is 25.3 Å². The van der Waals surface area contributed by atoms with E-state index < -0.39 is 6.61 Å². The Balaban J connectivity index is 1.99. The number of aromatic nitrogens is 1. The zero-order valence-electron chi connectivity index (χ0n) is 12.9. The number of aryl methyl sites for hydroxylation is 2. The summed E-state index contributed by atoms with van der Waals surface area (Å²) in [4.78, 5) is 19.9. The molecule has 1 amide bonds. The first-order chi connectivity index (χ1) is 10.0. The first kappa shape index (κ1) is 15.7. The molecule has 0 radical (unpaired) electrons. The molecule has 1 aromatic heterocycles. The van der Waals surface area contributed by atoms with E-state index in [-0.39, 0.29) is 5.91 Å². The van der Waals surface area contributed by atoms with Crippen LogP contribution in [-0.4, -0.2) is 65.7 Å². The molecule has 1 aliphatic heterocycles. The van der Waals surface area contributed by atoms with Crippen molar-refractivity contribution in [3.63, 3.8) is 0 Å². The molecule has 1 aromatic rings. The van der Waals surface area contributed by atoms with E-state index in [1.165, 1.54) is 11.1 Å². The molecule has 0 aliphatic carbocycles. The molecule has 21 heavy (non-hydrogen) atoms. The Morgan fingerprint density at radius 3 is 2.52 bits per heavy atom. The van der Waals surface area contributed by atoms with Crippen molar-refractivity contribution in [3.8, 4) is 5.88 Å². The van der Waals surface area contributed by atoms with Gasteiger partial charge in [-0.3, -0.25) is 9.69 Å². The highest BCUT2D eigenvalue weighted by molar-refractivity contribution is 5.77. The zero-order chi connectivity index (χ0) is 15.4. The maximum atomic E-state index is 11.4. The van der Waals surface area contributed by atoms with E-state index in [1.807, 2.05) is 13.0 Å². The first-order valence-electron chi connectivity index (χ1n) is 7.17. The summed E-state index contributed by atoms with van der Waals surface area (Å²) in [6.45, 7) is 7.46. The van der Waals surface area contributed by atoms with Gasteiger partial charge in [0.25, 0.3) is 0 Å². The van der Waals surface area contributed by atoms with E-state index in [1.54, 1.807) is 12.0 Å². The number of rotatable bonds is 4. The fourth-order valence-corrected chi connectivity index (χ4v) is 2.65. The molecule has 1 fully saturated rings. The first-order valence-corrected chi connectivity index (χ1v) is 7.17. The lowest BCUT2D eigenvalue weighted by molar-refractivity contribution is -0.136. The number of methoxy groups -OCH3 is 1. The third-order valence-electron chi connectivity index (χ3n) is 3.98. The van der Waals surface area contributed by atoms with Gasteiger partial charge < -0.3 is 14.7 Å². The van der Waals surface area contributed by atoms with Gasteiger partial charge in [-0.25, -0.2) is 4.98 Å². The Morgan fingerprint density at radius 2 is 2.00 bits per heavy atom. The van der Waals surface area contributed by atoms with E-state index in [2.05, 4.69) is 16.8 Å². The third kappa shape index (κ3) is 3.71. The van der Waals surface area contributed by atoms with E-state index in [9.17, 15) is 4.79 Å². The van der Waals surface area contributed by atoms with Crippen LogP contribution in [0.3, 0.4) is 0 Å². The lowest BCUT2D eigenvalue weighted by Crippen LogP contribution is -2.49. The molecule has 6 heteroatoms. The van der Waals surface area contributed by atoms with Gasteiger partial charge in [0.15, 0.2) is 0 Å². The second kappa shape index (κ2) is 6.87. The highest BCUT2D eigenvalue weighted by atomic mass is 16.5. The minimum absolute atomic E-state index is 0.187. The number of hydrogen-bond donors (Lipinski definition) is 1. The predicted molar refractivity (Wildman–Crippen MR) is 79.2 cm³/mol. The smallest absolute Gasteiger partial charge is 0.248 e. The lowest BCUT2D eigenvalue weighted by Gasteiger charge is -2.34. The van der Waals surface area contributed by atoms with Crippen molar-refractivity contribution in [2.75, 3.05) is 39.9 Å². The molecule has 116 valence electrons. The summed E-state index contributed by atoms with van der Waals surface area (Å²) in [6, 6.07) is 1.95.